The monoisotopic (exact) mass is 284 g/mol. The van der Waals surface area contributed by atoms with Gasteiger partial charge in [0.2, 0.25) is 0 Å². The van der Waals surface area contributed by atoms with E-state index in [1.165, 1.54) is 18.6 Å². The Morgan fingerprint density at radius 1 is 1.43 bits per heavy atom. The van der Waals surface area contributed by atoms with Crippen molar-refractivity contribution in [3.63, 3.8) is 0 Å². The zero-order chi connectivity index (χ0) is 14.5. The van der Waals surface area contributed by atoms with Crippen LogP contribution >= 0.6 is 0 Å². The minimum Gasteiger partial charge on any atom is -0.381 e. The lowest BCUT2D eigenvalue weighted by atomic mass is 10.1. The van der Waals surface area contributed by atoms with E-state index in [1.54, 1.807) is 0 Å². The maximum Gasteiger partial charge on any atom is 0.299 e. The highest BCUT2D eigenvalue weighted by molar-refractivity contribution is 5.92. The zero-order valence-electron chi connectivity index (χ0n) is 11.6. The molecule has 2 aromatic rings. The highest BCUT2D eigenvalue weighted by Crippen LogP contribution is 2.13. The van der Waals surface area contributed by atoms with Crippen LogP contribution in [-0.2, 0) is 11.3 Å². The van der Waals surface area contributed by atoms with E-state index in [1.807, 2.05) is 29.0 Å². The summed E-state index contributed by atoms with van der Waals surface area (Å²) in [5.41, 5.74) is 0.872. The van der Waals surface area contributed by atoms with Crippen LogP contribution in [-0.4, -0.2) is 33.7 Å². The number of hydrogen-bond donors (Lipinski definition) is 0. The standard InChI is InChI=1S/C15H16N4O2/c20-15(13-9-16-5-6-17-13)18-14-3-1-2-7-19(14)10-12-4-8-21-11-12/h1-3,5-7,9,12H,4,8,10-11H2/b18-14+. The third-order valence-electron chi connectivity index (χ3n) is 3.39. The lowest BCUT2D eigenvalue weighted by Gasteiger charge is -2.11. The molecule has 108 valence electrons. The van der Waals surface area contributed by atoms with Crippen LogP contribution in [0.2, 0.25) is 0 Å². The molecule has 3 heterocycles. The van der Waals surface area contributed by atoms with E-state index in [4.69, 9.17) is 4.74 Å². The maximum absolute atomic E-state index is 12.1. The summed E-state index contributed by atoms with van der Waals surface area (Å²) in [5.74, 6) is 0.0868. The highest BCUT2D eigenvalue weighted by Gasteiger charge is 2.16. The fourth-order valence-electron chi connectivity index (χ4n) is 2.30. The summed E-state index contributed by atoms with van der Waals surface area (Å²) < 4.78 is 7.37. The summed E-state index contributed by atoms with van der Waals surface area (Å²) in [6, 6.07) is 5.62. The number of carbonyl (C=O) groups is 1. The molecule has 0 radical (unpaired) electrons. The Labute approximate surface area is 122 Å². The Bertz CT molecular complexity index is 675. The van der Waals surface area contributed by atoms with Crippen LogP contribution < -0.4 is 5.49 Å². The van der Waals surface area contributed by atoms with Crippen molar-refractivity contribution >= 4 is 5.91 Å². The Hall–Kier alpha value is -2.34. The molecule has 1 atom stereocenters. The van der Waals surface area contributed by atoms with Crippen molar-refractivity contribution in [1.29, 1.82) is 0 Å². The normalized spacial score (nSPS) is 18.9. The molecule has 21 heavy (non-hydrogen) atoms. The van der Waals surface area contributed by atoms with Crippen LogP contribution in [0, 0.1) is 5.92 Å². The second kappa shape index (κ2) is 6.41. The van der Waals surface area contributed by atoms with E-state index in [-0.39, 0.29) is 11.6 Å². The van der Waals surface area contributed by atoms with Crippen molar-refractivity contribution in [3.8, 4) is 0 Å². The summed E-state index contributed by atoms with van der Waals surface area (Å²) in [5, 5.41) is 0. The fraction of sp³-hybridized carbons (Fsp3) is 0.333. The Balaban J connectivity index is 1.87. The van der Waals surface area contributed by atoms with Gasteiger partial charge in [-0.3, -0.25) is 9.78 Å². The molecule has 0 bridgehead atoms. The molecular formula is C15H16N4O2. The molecule has 0 saturated carbocycles. The van der Waals surface area contributed by atoms with Gasteiger partial charge in [-0.1, -0.05) is 6.07 Å². The van der Waals surface area contributed by atoms with E-state index in [9.17, 15) is 4.79 Å². The average Bonchev–Trinajstić information content (AvgIpc) is 3.03. The van der Waals surface area contributed by atoms with Crippen molar-refractivity contribution in [2.24, 2.45) is 10.9 Å². The predicted octanol–water partition coefficient (Wildman–Crippen LogP) is 1.06. The molecule has 1 amide bonds. The maximum atomic E-state index is 12.1. The number of aromatic nitrogens is 3. The highest BCUT2D eigenvalue weighted by atomic mass is 16.5. The first-order chi connectivity index (χ1) is 10.3. The number of carbonyl (C=O) groups excluding carboxylic acids is 1. The van der Waals surface area contributed by atoms with Crippen LogP contribution in [0.5, 0.6) is 0 Å². The van der Waals surface area contributed by atoms with Crippen LogP contribution in [0.25, 0.3) is 0 Å². The molecule has 3 rings (SSSR count). The van der Waals surface area contributed by atoms with Gasteiger partial charge in [0.25, 0.3) is 5.91 Å². The molecule has 1 aliphatic heterocycles. The van der Waals surface area contributed by atoms with E-state index < -0.39 is 0 Å². The molecular weight excluding hydrogens is 268 g/mol. The van der Waals surface area contributed by atoms with Gasteiger partial charge >= 0.3 is 0 Å². The third-order valence-corrected chi connectivity index (χ3v) is 3.39. The molecule has 0 aliphatic carbocycles. The lowest BCUT2D eigenvalue weighted by Crippen LogP contribution is -2.25. The molecule has 1 aliphatic rings. The van der Waals surface area contributed by atoms with E-state index in [0.29, 0.717) is 11.4 Å². The van der Waals surface area contributed by atoms with Gasteiger partial charge in [0.15, 0.2) is 0 Å². The molecule has 2 aromatic heterocycles. The summed E-state index contributed by atoms with van der Waals surface area (Å²) in [7, 11) is 0. The van der Waals surface area contributed by atoms with Crippen molar-refractivity contribution in [3.05, 3.63) is 54.2 Å². The van der Waals surface area contributed by atoms with Crippen LogP contribution in [0.4, 0.5) is 0 Å². The Kier molecular flexibility index (Phi) is 4.16. The van der Waals surface area contributed by atoms with Gasteiger partial charge in [0, 0.05) is 37.7 Å². The Morgan fingerprint density at radius 3 is 3.14 bits per heavy atom. The number of ether oxygens (including phenoxy) is 1. The molecule has 0 aromatic carbocycles. The largest absolute Gasteiger partial charge is 0.381 e. The lowest BCUT2D eigenvalue weighted by molar-refractivity contribution is 0.0991. The SMILES string of the molecule is O=C(/N=c1\ccccn1CC1CCOC1)c1cnccn1. The molecule has 1 unspecified atom stereocenters. The molecule has 6 heteroatoms. The van der Waals surface area contributed by atoms with E-state index in [0.717, 1.165) is 26.2 Å². The van der Waals surface area contributed by atoms with Gasteiger partial charge in [0.05, 0.1) is 12.8 Å². The fourth-order valence-corrected chi connectivity index (χ4v) is 2.30. The minimum absolute atomic E-state index is 0.247. The quantitative estimate of drug-likeness (QED) is 0.845. The second-order valence-corrected chi connectivity index (χ2v) is 4.95. The first-order valence-corrected chi connectivity index (χ1v) is 6.91. The van der Waals surface area contributed by atoms with Crippen molar-refractivity contribution in [2.45, 2.75) is 13.0 Å². The van der Waals surface area contributed by atoms with Gasteiger partial charge in [-0.15, -0.1) is 0 Å². The first kappa shape index (κ1) is 13.6. The van der Waals surface area contributed by atoms with Crippen molar-refractivity contribution in [2.75, 3.05) is 13.2 Å². The summed E-state index contributed by atoms with van der Waals surface area (Å²) in [4.78, 5) is 24.1. The molecule has 0 N–H and O–H groups in total. The number of rotatable bonds is 3. The Morgan fingerprint density at radius 2 is 2.38 bits per heavy atom. The predicted molar refractivity (Wildman–Crippen MR) is 75.3 cm³/mol. The zero-order valence-corrected chi connectivity index (χ0v) is 11.6. The number of nitrogens with zero attached hydrogens (tertiary/aromatic N) is 4. The summed E-state index contributed by atoms with van der Waals surface area (Å²) in [6.07, 6.45) is 7.40. The van der Waals surface area contributed by atoms with Gasteiger partial charge in [-0.2, -0.15) is 4.99 Å². The summed E-state index contributed by atoms with van der Waals surface area (Å²) >= 11 is 0. The molecule has 1 fully saturated rings. The van der Waals surface area contributed by atoms with E-state index in [2.05, 4.69) is 15.0 Å². The van der Waals surface area contributed by atoms with Crippen LogP contribution in [0.1, 0.15) is 16.9 Å². The third kappa shape index (κ3) is 3.41. The van der Waals surface area contributed by atoms with Crippen LogP contribution in [0.3, 0.4) is 0 Å². The van der Waals surface area contributed by atoms with Gasteiger partial charge in [-0.25, -0.2) is 4.98 Å². The van der Waals surface area contributed by atoms with Gasteiger partial charge in [-0.05, 0) is 18.6 Å². The number of amides is 1. The topological polar surface area (TPSA) is 69.4 Å². The summed E-state index contributed by atoms with van der Waals surface area (Å²) in [6.45, 7) is 2.37. The average molecular weight is 284 g/mol. The smallest absolute Gasteiger partial charge is 0.299 e. The van der Waals surface area contributed by atoms with Crippen molar-refractivity contribution < 1.29 is 9.53 Å². The molecule has 0 spiro atoms. The second-order valence-electron chi connectivity index (χ2n) is 4.95. The van der Waals surface area contributed by atoms with Crippen LogP contribution in [0.15, 0.2) is 48.0 Å². The molecule has 1 saturated heterocycles. The number of pyridine rings is 1. The van der Waals surface area contributed by atoms with E-state index >= 15 is 0 Å². The molecule has 6 nitrogen and oxygen atoms in total. The van der Waals surface area contributed by atoms with Gasteiger partial charge < -0.3 is 9.30 Å². The number of hydrogen-bond acceptors (Lipinski definition) is 4. The first-order valence-electron chi connectivity index (χ1n) is 6.91. The minimum atomic E-state index is -0.384. The van der Waals surface area contributed by atoms with Gasteiger partial charge in [0.1, 0.15) is 11.2 Å². The van der Waals surface area contributed by atoms with Crippen molar-refractivity contribution in [1.82, 2.24) is 14.5 Å².